The van der Waals surface area contributed by atoms with Gasteiger partial charge in [-0.2, -0.15) is 0 Å². The number of carboxylic acid groups (broad SMARTS) is 1. The third kappa shape index (κ3) is 2.95. The molecule has 1 aromatic rings. The molecule has 0 bridgehead atoms. The van der Waals surface area contributed by atoms with Crippen LogP contribution >= 0.6 is 0 Å². The maximum atomic E-state index is 11.8. The first-order valence-electron chi connectivity index (χ1n) is 6.59. The lowest BCUT2D eigenvalue weighted by Crippen LogP contribution is -2.13. The molecule has 0 saturated heterocycles. The van der Waals surface area contributed by atoms with Crippen molar-refractivity contribution in [1.82, 2.24) is 0 Å². The van der Waals surface area contributed by atoms with Crippen molar-refractivity contribution in [1.29, 1.82) is 0 Å². The second-order valence-corrected chi connectivity index (χ2v) is 4.93. The standard InChI is InChI=1S/C15H18O4/c1-19-15(18)12-8-7-11(14(16)17)9-13(12)10-5-3-2-4-6-10/h7-10H,2-6H2,1H3,(H,16,17). The molecule has 1 saturated carbocycles. The van der Waals surface area contributed by atoms with Crippen molar-refractivity contribution in [3.8, 4) is 0 Å². The molecule has 4 nitrogen and oxygen atoms in total. The first-order valence-corrected chi connectivity index (χ1v) is 6.59. The summed E-state index contributed by atoms with van der Waals surface area (Å²) in [5.74, 6) is -1.09. The Morgan fingerprint density at radius 1 is 1.21 bits per heavy atom. The summed E-state index contributed by atoms with van der Waals surface area (Å²) in [5, 5.41) is 9.08. The second-order valence-electron chi connectivity index (χ2n) is 4.93. The molecule has 102 valence electrons. The molecule has 0 spiro atoms. The number of aromatic carboxylic acids is 1. The van der Waals surface area contributed by atoms with Crippen LogP contribution in [0.15, 0.2) is 18.2 Å². The van der Waals surface area contributed by atoms with Crippen LogP contribution in [0, 0.1) is 0 Å². The molecular formula is C15H18O4. The van der Waals surface area contributed by atoms with E-state index in [0.29, 0.717) is 5.56 Å². The molecule has 1 fully saturated rings. The number of carbonyl (C=O) groups is 2. The van der Waals surface area contributed by atoms with Crippen molar-refractivity contribution in [3.05, 3.63) is 34.9 Å². The van der Waals surface area contributed by atoms with Crippen LogP contribution in [0.3, 0.4) is 0 Å². The zero-order chi connectivity index (χ0) is 13.8. The molecule has 0 atom stereocenters. The van der Waals surface area contributed by atoms with Crippen LogP contribution in [-0.2, 0) is 4.74 Å². The van der Waals surface area contributed by atoms with Crippen LogP contribution < -0.4 is 0 Å². The van der Waals surface area contributed by atoms with E-state index in [-0.39, 0.29) is 11.5 Å². The predicted octanol–water partition coefficient (Wildman–Crippen LogP) is 3.22. The molecule has 19 heavy (non-hydrogen) atoms. The monoisotopic (exact) mass is 262 g/mol. The Balaban J connectivity index is 2.42. The SMILES string of the molecule is COC(=O)c1ccc(C(=O)O)cc1C1CCCCC1. The van der Waals surface area contributed by atoms with E-state index < -0.39 is 11.9 Å². The van der Waals surface area contributed by atoms with Gasteiger partial charge in [-0.05, 0) is 42.5 Å². The van der Waals surface area contributed by atoms with Crippen LogP contribution in [-0.4, -0.2) is 24.2 Å². The van der Waals surface area contributed by atoms with Gasteiger partial charge < -0.3 is 9.84 Å². The molecule has 1 aliphatic carbocycles. The molecule has 1 N–H and O–H groups in total. The summed E-state index contributed by atoms with van der Waals surface area (Å²) in [6.45, 7) is 0. The van der Waals surface area contributed by atoms with Crippen molar-refractivity contribution >= 4 is 11.9 Å². The van der Waals surface area contributed by atoms with Gasteiger partial charge in [0, 0.05) is 0 Å². The normalized spacial score (nSPS) is 16.1. The summed E-state index contributed by atoms with van der Waals surface area (Å²) in [5.41, 5.74) is 1.55. The van der Waals surface area contributed by atoms with E-state index in [9.17, 15) is 9.59 Å². The largest absolute Gasteiger partial charge is 0.478 e. The van der Waals surface area contributed by atoms with Crippen LogP contribution in [0.1, 0.15) is 64.3 Å². The number of ether oxygens (including phenoxy) is 1. The van der Waals surface area contributed by atoms with Crippen molar-refractivity contribution < 1.29 is 19.4 Å². The van der Waals surface area contributed by atoms with E-state index in [0.717, 1.165) is 31.2 Å². The fourth-order valence-corrected chi connectivity index (χ4v) is 2.74. The Morgan fingerprint density at radius 2 is 1.89 bits per heavy atom. The number of rotatable bonds is 3. The fraction of sp³-hybridized carbons (Fsp3) is 0.467. The number of methoxy groups -OCH3 is 1. The fourth-order valence-electron chi connectivity index (χ4n) is 2.74. The minimum atomic E-state index is -0.964. The zero-order valence-electron chi connectivity index (χ0n) is 11.0. The molecule has 0 aromatic heterocycles. The topological polar surface area (TPSA) is 63.6 Å². The molecule has 0 aliphatic heterocycles. The van der Waals surface area contributed by atoms with Gasteiger partial charge in [-0.25, -0.2) is 9.59 Å². The van der Waals surface area contributed by atoms with Crippen molar-refractivity contribution in [3.63, 3.8) is 0 Å². The van der Waals surface area contributed by atoms with Crippen molar-refractivity contribution in [2.24, 2.45) is 0 Å². The maximum Gasteiger partial charge on any atom is 0.338 e. The Bertz CT molecular complexity index is 487. The second kappa shape index (κ2) is 5.87. The molecule has 4 heteroatoms. The predicted molar refractivity (Wildman–Crippen MR) is 70.6 cm³/mol. The lowest BCUT2D eigenvalue weighted by molar-refractivity contribution is 0.0596. The van der Waals surface area contributed by atoms with E-state index in [4.69, 9.17) is 9.84 Å². The van der Waals surface area contributed by atoms with Crippen LogP contribution in [0.4, 0.5) is 0 Å². The quantitative estimate of drug-likeness (QED) is 0.849. The van der Waals surface area contributed by atoms with Crippen LogP contribution in [0.25, 0.3) is 0 Å². The highest BCUT2D eigenvalue weighted by atomic mass is 16.5. The Kier molecular flexibility index (Phi) is 4.20. The Morgan fingerprint density at radius 3 is 2.47 bits per heavy atom. The number of carbonyl (C=O) groups excluding carboxylic acids is 1. The summed E-state index contributed by atoms with van der Waals surface area (Å²) in [4.78, 5) is 22.9. The summed E-state index contributed by atoms with van der Waals surface area (Å²) in [6, 6.07) is 4.66. The van der Waals surface area contributed by atoms with Gasteiger partial charge in [0.1, 0.15) is 0 Å². The minimum absolute atomic E-state index is 0.230. The third-order valence-electron chi connectivity index (χ3n) is 3.75. The highest BCUT2D eigenvalue weighted by Crippen LogP contribution is 2.35. The number of esters is 1. The lowest BCUT2D eigenvalue weighted by Gasteiger charge is -2.24. The van der Waals surface area contributed by atoms with Gasteiger partial charge in [-0.3, -0.25) is 0 Å². The summed E-state index contributed by atoms with van der Waals surface area (Å²) in [7, 11) is 1.35. The Labute approximate surface area is 112 Å². The van der Waals surface area contributed by atoms with Gasteiger partial charge in [-0.1, -0.05) is 19.3 Å². The van der Waals surface area contributed by atoms with E-state index in [1.807, 2.05) is 0 Å². The van der Waals surface area contributed by atoms with Crippen molar-refractivity contribution in [2.45, 2.75) is 38.0 Å². The molecule has 0 radical (unpaired) electrons. The van der Waals surface area contributed by atoms with Crippen LogP contribution in [0.5, 0.6) is 0 Å². The van der Waals surface area contributed by atoms with Gasteiger partial charge in [0.25, 0.3) is 0 Å². The third-order valence-corrected chi connectivity index (χ3v) is 3.75. The van der Waals surface area contributed by atoms with Gasteiger partial charge in [0.15, 0.2) is 0 Å². The summed E-state index contributed by atoms with van der Waals surface area (Å²) >= 11 is 0. The molecule has 1 aromatic carbocycles. The van der Waals surface area contributed by atoms with Gasteiger partial charge in [0.2, 0.25) is 0 Å². The average molecular weight is 262 g/mol. The summed E-state index contributed by atoms with van der Waals surface area (Å²) < 4.78 is 4.78. The van der Waals surface area contributed by atoms with E-state index >= 15 is 0 Å². The first kappa shape index (κ1) is 13.6. The number of carboxylic acids is 1. The van der Waals surface area contributed by atoms with Gasteiger partial charge >= 0.3 is 11.9 Å². The molecule has 0 heterocycles. The smallest absolute Gasteiger partial charge is 0.338 e. The first-order chi connectivity index (χ1) is 9.13. The van der Waals surface area contributed by atoms with Gasteiger partial charge in [-0.15, -0.1) is 0 Å². The van der Waals surface area contributed by atoms with Crippen LogP contribution in [0.2, 0.25) is 0 Å². The average Bonchev–Trinajstić information content (AvgIpc) is 2.46. The number of hydrogen-bond donors (Lipinski definition) is 1. The number of benzene rings is 1. The number of hydrogen-bond acceptors (Lipinski definition) is 3. The lowest BCUT2D eigenvalue weighted by atomic mass is 9.81. The molecule has 2 rings (SSSR count). The zero-order valence-corrected chi connectivity index (χ0v) is 11.0. The molecule has 0 unspecified atom stereocenters. The highest BCUT2D eigenvalue weighted by molar-refractivity contribution is 5.94. The molecule has 1 aliphatic rings. The highest BCUT2D eigenvalue weighted by Gasteiger charge is 2.23. The minimum Gasteiger partial charge on any atom is -0.478 e. The van der Waals surface area contributed by atoms with E-state index in [2.05, 4.69) is 0 Å². The van der Waals surface area contributed by atoms with E-state index in [1.54, 1.807) is 12.1 Å². The van der Waals surface area contributed by atoms with E-state index in [1.165, 1.54) is 19.6 Å². The summed E-state index contributed by atoms with van der Waals surface area (Å²) in [6.07, 6.45) is 5.48. The van der Waals surface area contributed by atoms with Gasteiger partial charge in [0.05, 0.1) is 18.2 Å². The Hall–Kier alpha value is -1.84. The molecule has 0 amide bonds. The maximum absolute atomic E-state index is 11.8. The van der Waals surface area contributed by atoms with Crippen molar-refractivity contribution in [2.75, 3.05) is 7.11 Å². The molecular weight excluding hydrogens is 244 g/mol.